The van der Waals surface area contributed by atoms with E-state index in [-0.39, 0.29) is 5.54 Å². The van der Waals surface area contributed by atoms with E-state index < -0.39 is 0 Å². The third-order valence-corrected chi connectivity index (χ3v) is 3.79. The molecule has 0 spiro atoms. The summed E-state index contributed by atoms with van der Waals surface area (Å²) in [6, 6.07) is 0. The molecule has 88 valence electrons. The van der Waals surface area contributed by atoms with E-state index in [4.69, 9.17) is 0 Å². The van der Waals surface area contributed by atoms with Crippen molar-refractivity contribution in [2.45, 2.75) is 23.3 Å². The fourth-order valence-electron chi connectivity index (χ4n) is 2.30. The molecule has 0 amide bonds. The molecule has 1 saturated heterocycles. The van der Waals surface area contributed by atoms with E-state index in [0.29, 0.717) is 0 Å². The van der Waals surface area contributed by atoms with Gasteiger partial charge < -0.3 is 10.2 Å². The Hall–Kier alpha value is -0.650. The van der Waals surface area contributed by atoms with E-state index in [1.807, 2.05) is 7.05 Å². The van der Waals surface area contributed by atoms with Crippen LogP contribution in [0.5, 0.6) is 0 Å². The smallest absolute Gasteiger partial charge is 0.115 e. The zero-order chi connectivity index (χ0) is 11.6. The highest BCUT2D eigenvalue weighted by atomic mass is 32.1. The molecule has 0 radical (unpaired) electrons. The van der Waals surface area contributed by atoms with Crippen LogP contribution in [0.1, 0.15) is 18.5 Å². The lowest BCUT2D eigenvalue weighted by atomic mass is 9.84. The molecule has 0 bridgehead atoms. The lowest BCUT2D eigenvalue weighted by Crippen LogP contribution is -2.49. The summed E-state index contributed by atoms with van der Waals surface area (Å²) in [5.74, 6) is 0. The van der Waals surface area contributed by atoms with Gasteiger partial charge in [-0.3, -0.25) is 0 Å². The summed E-state index contributed by atoms with van der Waals surface area (Å²) in [6.45, 7) is 2.16. The van der Waals surface area contributed by atoms with E-state index in [1.165, 1.54) is 0 Å². The number of aromatic nitrogens is 2. The highest BCUT2D eigenvalue weighted by molar-refractivity contribution is 7.80. The molecule has 0 aliphatic carbocycles. The molecule has 0 saturated carbocycles. The van der Waals surface area contributed by atoms with Crippen molar-refractivity contribution in [2.75, 3.05) is 27.2 Å². The molecule has 2 heterocycles. The van der Waals surface area contributed by atoms with Crippen LogP contribution in [0.15, 0.2) is 17.4 Å². The Morgan fingerprint density at radius 2 is 2.12 bits per heavy atom. The molecule has 2 rings (SSSR count). The monoisotopic (exact) mass is 238 g/mol. The molecule has 5 heteroatoms. The van der Waals surface area contributed by atoms with Crippen molar-refractivity contribution in [3.05, 3.63) is 18.2 Å². The van der Waals surface area contributed by atoms with Crippen LogP contribution in [0.4, 0.5) is 0 Å². The molecule has 1 N–H and O–H groups in total. The van der Waals surface area contributed by atoms with Gasteiger partial charge in [0.05, 0.1) is 11.2 Å². The van der Waals surface area contributed by atoms with Gasteiger partial charge in [-0.1, -0.05) is 0 Å². The number of nitrogens with zero attached hydrogens (tertiary/aromatic N) is 3. The Morgan fingerprint density at radius 3 is 2.69 bits per heavy atom. The molecule has 1 aliphatic heterocycles. The van der Waals surface area contributed by atoms with Crippen molar-refractivity contribution in [3.8, 4) is 0 Å². The molecule has 4 nitrogen and oxygen atoms in total. The van der Waals surface area contributed by atoms with Gasteiger partial charge in [0.15, 0.2) is 0 Å². The maximum absolute atomic E-state index is 4.46. The summed E-state index contributed by atoms with van der Waals surface area (Å²) in [6.07, 6.45) is 5.49. The average molecular weight is 238 g/mol. The Bertz CT molecular complexity index is 361. The van der Waals surface area contributed by atoms with Crippen molar-refractivity contribution in [1.29, 1.82) is 0 Å². The quantitative estimate of drug-likeness (QED) is 0.751. The average Bonchev–Trinajstić information content (AvgIpc) is 2.32. The van der Waals surface area contributed by atoms with E-state index in [9.17, 15) is 0 Å². The van der Waals surface area contributed by atoms with Crippen molar-refractivity contribution in [3.63, 3.8) is 0 Å². The Morgan fingerprint density at radius 1 is 1.44 bits per heavy atom. The first-order valence-electron chi connectivity index (χ1n) is 5.55. The van der Waals surface area contributed by atoms with Crippen molar-refractivity contribution >= 4 is 12.6 Å². The minimum atomic E-state index is -0.0352. The second-order valence-corrected chi connectivity index (χ2v) is 4.87. The fourth-order valence-corrected chi connectivity index (χ4v) is 2.63. The maximum atomic E-state index is 4.46. The normalized spacial score (nSPS) is 20.9. The van der Waals surface area contributed by atoms with Gasteiger partial charge >= 0.3 is 0 Å². The molecule has 1 fully saturated rings. The third-order valence-electron chi connectivity index (χ3n) is 3.47. The first kappa shape index (κ1) is 11.8. The SMILES string of the molecule is CNC1(c2ncncc2S)CCN(C)CC1. The number of likely N-dealkylation sites (tertiary alicyclic amines) is 1. The fraction of sp³-hybridized carbons (Fsp3) is 0.636. The Labute approximate surface area is 102 Å². The van der Waals surface area contributed by atoms with Crippen molar-refractivity contribution in [1.82, 2.24) is 20.2 Å². The number of hydrogen-bond donors (Lipinski definition) is 2. The molecular weight excluding hydrogens is 220 g/mol. The van der Waals surface area contributed by atoms with Crippen molar-refractivity contribution < 1.29 is 0 Å². The summed E-state index contributed by atoms with van der Waals surface area (Å²) in [7, 11) is 4.15. The summed E-state index contributed by atoms with van der Waals surface area (Å²) < 4.78 is 0. The summed E-state index contributed by atoms with van der Waals surface area (Å²) in [5, 5.41) is 3.43. The van der Waals surface area contributed by atoms with Crippen LogP contribution in [-0.4, -0.2) is 42.1 Å². The predicted octanol–water partition coefficient (Wildman–Crippen LogP) is 0.906. The lowest BCUT2D eigenvalue weighted by Gasteiger charge is -2.40. The van der Waals surface area contributed by atoms with Crippen LogP contribution in [0.25, 0.3) is 0 Å². The highest BCUT2D eigenvalue weighted by Crippen LogP contribution is 2.33. The highest BCUT2D eigenvalue weighted by Gasteiger charge is 2.36. The van der Waals surface area contributed by atoms with E-state index in [2.05, 4.69) is 39.9 Å². The number of hydrogen-bond acceptors (Lipinski definition) is 5. The number of thiol groups is 1. The van der Waals surface area contributed by atoms with Crippen molar-refractivity contribution in [2.24, 2.45) is 0 Å². The largest absolute Gasteiger partial charge is 0.309 e. The predicted molar refractivity (Wildman–Crippen MR) is 66.8 cm³/mol. The number of rotatable bonds is 2. The molecule has 0 aromatic carbocycles. The van der Waals surface area contributed by atoms with E-state index in [1.54, 1.807) is 12.5 Å². The van der Waals surface area contributed by atoms with Gasteiger partial charge in [-0.2, -0.15) is 0 Å². The van der Waals surface area contributed by atoms with E-state index in [0.717, 1.165) is 36.5 Å². The first-order chi connectivity index (χ1) is 7.68. The molecule has 1 aliphatic rings. The van der Waals surface area contributed by atoms with Crippen LogP contribution in [0, 0.1) is 0 Å². The second kappa shape index (κ2) is 4.69. The summed E-state index contributed by atoms with van der Waals surface area (Å²) >= 11 is 4.46. The zero-order valence-electron chi connectivity index (χ0n) is 9.77. The first-order valence-corrected chi connectivity index (χ1v) is 5.99. The van der Waals surface area contributed by atoms with Gasteiger partial charge in [0.25, 0.3) is 0 Å². The van der Waals surface area contributed by atoms with Gasteiger partial charge in [0, 0.05) is 11.1 Å². The molecule has 1 aromatic heterocycles. The minimum Gasteiger partial charge on any atom is -0.309 e. The van der Waals surface area contributed by atoms with Crippen LogP contribution in [-0.2, 0) is 5.54 Å². The van der Waals surface area contributed by atoms with Gasteiger partial charge in [0.1, 0.15) is 6.33 Å². The third kappa shape index (κ3) is 2.07. The maximum Gasteiger partial charge on any atom is 0.115 e. The summed E-state index contributed by atoms with van der Waals surface area (Å²) in [4.78, 5) is 11.6. The van der Waals surface area contributed by atoms with Gasteiger partial charge in [0.2, 0.25) is 0 Å². The molecule has 0 unspecified atom stereocenters. The molecule has 16 heavy (non-hydrogen) atoms. The van der Waals surface area contributed by atoms with Crippen LogP contribution in [0.3, 0.4) is 0 Å². The standard InChI is InChI=1S/C11H18N4S/c1-12-11(3-5-15(2)6-4-11)10-9(16)7-13-8-14-10/h7-8,12,16H,3-6H2,1-2H3. The van der Waals surface area contributed by atoms with E-state index >= 15 is 0 Å². The number of piperidine rings is 1. The topological polar surface area (TPSA) is 41.1 Å². The lowest BCUT2D eigenvalue weighted by molar-refractivity contribution is 0.158. The van der Waals surface area contributed by atoms with Crippen LogP contribution < -0.4 is 5.32 Å². The van der Waals surface area contributed by atoms with Crippen LogP contribution in [0.2, 0.25) is 0 Å². The molecule has 1 aromatic rings. The van der Waals surface area contributed by atoms with Gasteiger partial charge in [-0.05, 0) is 40.0 Å². The summed E-state index contributed by atoms with van der Waals surface area (Å²) in [5.41, 5.74) is 0.994. The van der Waals surface area contributed by atoms with Crippen LogP contribution >= 0.6 is 12.6 Å². The Kier molecular flexibility index (Phi) is 3.47. The minimum absolute atomic E-state index is 0.0352. The Balaban J connectivity index is 2.32. The number of nitrogens with one attached hydrogen (secondary N) is 1. The molecular formula is C11H18N4S. The zero-order valence-corrected chi connectivity index (χ0v) is 10.7. The second-order valence-electron chi connectivity index (χ2n) is 4.39. The van der Waals surface area contributed by atoms with Gasteiger partial charge in [-0.15, -0.1) is 12.6 Å². The molecule has 0 atom stereocenters. The van der Waals surface area contributed by atoms with Gasteiger partial charge in [-0.25, -0.2) is 9.97 Å².